The van der Waals surface area contributed by atoms with Crippen LogP contribution < -0.4 is 10.6 Å². The summed E-state index contributed by atoms with van der Waals surface area (Å²) in [5, 5.41) is 0. The number of nitrogens with two attached hydrogens (primary N) is 1. The molecule has 2 aromatic heterocycles. The molecule has 0 aromatic carbocycles. The van der Waals surface area contributed by atoms with Gasteiger partial charge in [-0.1, -0.05) is 0 Å². The average Bonchev–Trinajstić information content (AvgIpc) is 3.49. The number of morpholine rings is 1. The summed E-state index contributed by atoms with van der Waals surface area (Å²) in [6.07, 6.45) is 2.20. The molecule has 3 aliphatic heterocycles. The maximum atomic E-state index is 12.2. The molecule has 0 saturated carbocycles. The number of aromatic nitrogens is 2. The molecule has 2 N–H and O–H groups in total. The molecule has 0 bridgehead atoms. The minimum absolute atomic E-state index is 0.0457. The van der Waals surface area contributed by atoms with Crippen molar-refractivity contribution in [2.75, 3.05) is 57.4 Å². The minimum atomic E-state index is -0.873. The molecule has 0 radical (unpaired) electrons. The van der Waals surface area contributed by atoms with E-state index in [0.29, 0.717) is 0 Å². The van der Waals surface area contributed by atoms with Crippen molar-refractivity contribution in [2.24, 2.45) is 5.73 Å². The standard InChI is InChI=1S/C22H28N6O2S.In.H/c1-4-15(2)20-24-18-13-17(14-26-5-7-28(8-6-26)22(29)16(3)23)31-19(18)21(25-20)27-9-11-30-12-10-27;;/h1-2,4,13,16H,5-12,14,23H2,3H3;;/t16-;;/m1../s1. The normalized spacial score (nSPS) is 20.5. The third kappa shape index (κ3) is 4.75. The molecule has 3 aliphatic rings. The van der Waals surface area contributed by atoms with Crippen molar-refractivity contribution in [1.29, 1.82) is 0 Å². The number of hydrogen-bond acceptors (Lipinski definition) is 8. The Balaban J connectivity index is 1.38. The monoisotopic (exact) mass is 556 g/mol. The number of fused-ring (bicyclic) bond motifs is 1. The van der Waals surface area contributed by atoms with Crippen molar-refractivity contribution in [1.82, 2.24) is 19.8 Å². The number of rotatable bonds is 5. The van der Waals surface area contributed by atoms with Gasteiger partial charge in [0, 0.05) is 0 Å². The van der Waals surface area contributed by atoms with E-state index >= 15 is 0 Å². The Hall–Kier alpha value is -1.46. The number of hydrogen-bond donors (Lipinski definition) is 1. The van der Waals surface area contributed by atoms with Gasteiger partial charge in [0.05, 0.1) is 6.04 Å². The summed E-state index contributed by atoms with van der Waals surface area (Å²) in [4.78, 5) is 30.1. The number of ether oxygens (including phenoxy) is 1. The Kier molecular flexibility index (Phi) is 6.84. The zero-order chi connectivity index (χ0) is 22.1. The number of piperazine rings is 1. The fourth-order valence-electron chi connectivity index (χ4n) is 4.42. The molecule has 0 unspecified atom stereocenters. The quantitative estimate of drug-likeness (QED) is 0.584. The molecule has 8 nitrogen and oxygen atoms in total. The summed E-state index contributed by atoms with van der Waals surface area (Å²) in [6.45, 7) is 9.04. The first-order valence-electron chi connectivity index (χ1n) is 11.4. The summed E-state index contributed by atoms with van der Waals surface area (Å²) < 4.78 is 11.5. The third-order valence-electron chi connectivity index (χ3n) is 6.20. The van der Waals surface area contributed by atoms with E-state index in [2.05, 4.69) is 29.6 Å². The Labute approximate surface area is 203 Å². The molecule has 5 heterocycles. The van der Waals surface area contributed by atoms with E-state index in [9.17, 15) is 4.79 Å². The second kappa shape index (κ2) is 9.80. The van der Waals surface area contributed by atoms with E-state index in [1.54, 1.807) is 18.3 Å². The molecular formula is C22H29InN6O2S. The van der Waals surface area contributed by atoms with Gasteiger partial charge >= 0.3 is 175 Å². The molecule has 2 saturated heterocycles. The maximum absolute atomic E-state index is 12.2. The van der Waals surface area contributed by atoms with E-state index in [0.717, 1.165) is 76.2 Å². The van der Waals surface area contributed by atoms with Gasteiger partial charge in [0.15, 0.2) is 0 Å². The van der Waals surface area contributed by atoms with Gasteiger partial charge in [-0.15, -0.1) is 0 Å². The van der Waals surface area contributed by atoms with Crippen LogP contribution in [0.5, 0.6) is 0 Å². The van der Waals surface area contributed by atoms with Crippen molar-refractivity contribution in [3.8, 4) is 0 Å². The molecule has 1 atom stereocenters. The van der Waals surface area contributed by atoms with Crippen molar-refractivity contribution < 1.29 is 9.53 Å². The molecule has 1 amide bonds. The van der Waals surface area contributed by atoms with E-state index in [1.165, 1.54) is 15.2 Å². The number of allylic oxidation sites excluding steroid dienone is 2. The van der Waals surface area contributed by atoms with Crippen molar-refractivity contribution in [2.45, 2.75) is 19.5 Å². The molecule has 0 aliphatic carbocycles. The zero-order valence-corrected chi connectivity index (χ0v) is 23.3. The Morgan fingerprint density at radius 1 is 1.22 bits per heavy atom. The summed E-state index contributed by atoms with van der Waals surface area (Å²) >= 11 is 0.927. The van der Waals surface area contributed by atoms with Gasteiger partial charge in [-0.3, -0.25) is 4.79 Å². The topological polar surface area (TPSA) is 87.8 Å². The van der Waals surface area contributed by atoms with Gasteiger partial charge in [-0.05, 0) is 6.92 Å². The van der Waals surface area contributed by atoms with Crippen LogP contribution in [0.1, 0.15) is 17.6 Å². The first-order valence-corrected chi connectivity index (χ1v) is 16.8. The SMILES string of the molecule is C[C@@H](N)C(=O)N1CCN(Cc2cc3nc(C4=[CH][InH][CH]=C4)nc(N4CCOCC4)c3s2)CC1. The second-order valence-electron chi connectivity index (χ2n) is 8.58. The van der Waals surface area contributed by atoms with E-state index < -0.39 is 28.9 Å². The summed E-state index contributed by atoms with van der Waals surface area (Å²) in [6, 6.07) is 1.81. The first kappa shape index (κ1) is 22.3. The molecule has 5 rings (SSSR count). The third-order valence-corrected chi connectivity index (χ3v) is 10.7. The van der Waals surface area contributed by atoms with Gasteiger partial charge < -0.3 is 5.73 Å². The van der Waals surface area contributed by atoms with Gasteiger partial charge in [0.25, 0.3) is 0 Å². The number of carbonyl (C=O) groups is 1. The van der Waals surface area contributed by atoms with Crippen LogP contribution in [-0.4, -0.2) is 107 Å². The van der Waals surface area contributed by atoms with Gasteiger partial charge in [-0.2, -0.15) is 0 Å². The van der Waals surface area contributed by atoms with Crippen LogP contribution in [0, 0.1) is 0 Å². The number of amides is 1. The zero-order valence-electron chi connectivity index (χ0n) is 18.5. The number of nitrogens with zero attached hydrogens (tertiary/aromatic N) is 5. The van der Waals surface area contributed by atoms with Crippen molar-refractivity contribution in [3.05, 3.63) is 30.5 Å². The van der Waals surface area contributed by atoms with E-state index in [-0.39, 0.29) is 5.91 Å². The molecular weight excluding hydrogens is 527 g/mol. The predicted molar refractivity (Wildman–Crippen MR) is 130 cm³/mol. The first-order chi connectivity index (χ1) is 15.6. The Morgan fingerprint density at radius 2 is 2.00 bits per heavy atom. The number of thiophene rings is 1. The van der Waals surface area contributed by atoms with Gasteiger partial charge in [0.2, 0.25) is 5.91 Å². The molecule has 2 aromatic rings. The van der Waals surface area contributed by atoms with Crippen molar-refractivity contribution in [3.63, 3.8) is 0 Å². The van der Waals surface area contributed by atoms with Crippen LogP contribution >= 0.6 is 11.3 Å². The van der Waals surface area contributed by atoms with Crippen LogP contribution in [0.4, 0.5) is 5.82 Å². The number of anilines is 1. The van der Waals surface area contributed by atoms with Crippen LogP contribution in [0.2, 0.25) is 0 Å². The summed E-state index contributed by atoms with van der Waals surface area (Å²) in [7, 11) is 0. The van der Waals surface area contributed by atoms with Crippen LogP contribution in [0.3, 0.4) is 0 Å². The Morgan fingerprint density at radius 3 is 2.69 bits per heavy atom. The number of carbonyl (C=O) groups excluding carboxylic acids is 1. The molecule has 168 valence electrons. The fraction of sp³-hybridized carbons (Fsp3) is 0.500. The predicted octanol–water partition coefficient (Wildman–Crippen LogP) is 0.824. The van der Waals surface area contributed by atoms with Crippen LogP contribution in [-0.2, 0) is 16.1 Å². The van der Waals surface area contributed by atoms with Gasteiger partial charge in [-0.25, -0.2) is 0 Å². The second-order valence-corrected chi connectivity index (χ2v) is 13.6. The average molecular weight is 556 g/mol. The van der Waals surface area contributed by atoms with Crippen LogP contribution in [0.25, 0.3) is 15.8 Å². The molecule has 2 fully saturated rings. The van der Waals surface area contributed by atoms with E-state index in [4.69, 9.17) is 20.4 Å². The Bertz CT molecular complexity index is 1050. The molecule has 0 spiro atoms. The van der Waals surface area contributed by atoms with Crippen molar-refractivity contribution >= 4 is 61.8 Å². The molecule has 32 heavy (non-hydrogen) atoms. The summed E-state index contributed by atoms with van der Waals surface area (Å²) in [5.74, 6) is 1.95. The van der Waals surface area contributed by atoms with Crippen LogP contribution in [0.15, 0.2) is 19.8 Å². The molecule has 10 heteroatoms. The van der Waals surface area contributed by atoms with E-state index in [1.807, 2.05) is 4.90 Å². The fourth-order valence-corrected chi connectivity index (χ4v) is 8.71. The van der Waals surface area contributed by atoms with Gasteiger partial charge in [0.1, 0.15) is 0 Å². The summed E-state index contributed by atoms with van der Waals surface area (Å²) in [5.41, 5.74) is 8.00.